The minimum absolute atomic E-state index is 0.344. The fourth-order valence-corrected chi connectivity index (χ4v) is 2.08. The lowest BCUT2D eigenvalue weighted by molar-refractivity contribution is -0.146. The molecule has 0 aromatic rings. The molecule has 0 amide bonds. The van der Waals surface area contributed by atoms with Gasteiger partial charge in [0.1, 0.15) is 0 Å². The van der Waals surface area contributed by atoms with E-state index in [1.807, 2.05) is 0 Å². The van der Waals surface area contributed by atoms with Crippen LogP contribution in [0.15, 0.2) is 12.2 Å². The van der Waals surface area contributed by atoms with Crippen LogP contribution in [0.4, 0.5) is 0 Å². The van der Waals surface area contributed by atoms with Crippen molar-refractivity contribution in [1.29, 1.82) is 0 Å². The van der Waals surface area contributed by atoms with Crippen molar-refractivity contribution in [3.05, 3.63) is 12.2 Å². The van der Waals surface area contributed by atoms with E-state index in [1.54, 1.807) is 6.08 Å². The summed E-state index contributed by atoms with van der Waals surface area (Å²) >= 11 is 0. The average Bonchev–Trinajstić information content (AvgIpc) is 2.39. The third-order valence-electron chi connectivity index (χ3n) is 3.30. The molecule has 20 heavy (non-hydrogen) atoms. The van der Waals surface area contributed by atoms with Crippen LogP contribution in [0, 0.1) is 5.92 Å². The molecule has 0 radical (unpaired) electrons. The topological polar surface area (TPSA) is 74.6 Å². The van der Waals surface area contributed by atoms with Gasteiger partial charge in [-0.05, 0) is 12.8 Å². The summed E-state index contributed by atoms with van der Waals surface area (Å²) in [5, 5.41) is 17.4. The molecule has 0 aliphatic heterocycles. The smallest absolute Gasteiger partial charge is 0.310 e. The summed E-state index contributed by atoms with van der Waals surface area (Å²) in [6.45, 7) is 2.21. The molecule has 4 heteroatoms. The van der Waals surface area contributed by atoms with Gasteiger partial charge in [0.2, 0.25) is 0 Å². The predicted molar refractivity (Wildman–Crippen MR) is 79.7 cm³/mol. The summed E-state index contributed by atoms with van der Waals surface area (Å²) in [5.74, 6) is -3.05. The number of carboxylic acids is 2. The lowest BCUT2D eigenvalue weighted by atomic mass is 10.0. The van der Waals surface area contributed by atoms with Gasteiger partial charge in [-0.1, -0.05) is 64.0 Å². The molecular formula is C16H28O4. The zero-order valence-electron chi connectivity index (χ0n) is 12.5. The van der Waals surface area contributed by atoms with Crippen LogP contribution in [0.5, 0.6) is 0 Å². The molecule has 0 rings (SSSR count). The van der Waals surface area contributed by atoms with E-state index in [-0.39, 0.29) is 6.42 Å². The molecule has 4 nitrogen and oxygen atoms in total. The number of aliphatic carboxylic acids is 2. The fourth-order valence-electron chi connectivity index (χ4n) is 2.08. The van der Waals surface area contributed by atoms with Crippen LogP contribution >= 0.6 is 0 Å². The van der Waals surface area contributed by atoms with Crippen molar-refractivity contribution in [1.82, 2.24) is 0 Å². The van der Waals surface area contributed by atoms with Gasteiger partial charge >= 0.3 is 11.9 Å². The summed E-state index contributed by atoms with van der Waals surface area (Å²) in [6.07, 6.45) is 13.7. The lowest BCUT2D eigenvalue weighted by Crippen LogP contribution is -2.15. The molecule has 0 aliphatic rings. The molecule has 2 N–H and O–H groups in total. The minimum Gasteiger partial charge on any atom is -0.481 e. The second-order valence-electron chi connectivity index (χ2n) is 5.23. The van der Waals surface area contributed by atoms with Crippen LogP contribution in [-0.4, -0.2) is 22.2 Å². The van der Waals surface area contributed by atoms with Crippen LogP contribution in [-0.2, 0) is 9.59 Å². The molecule has 0 aliphatic carbocycles. The Morgan fingerprint density at radius 1 is 0.950 bits per heavy atom. The van der Waals surface area contributed by atoms with E-state index >= 15 is 0 Å². The Bertz CT molecular complexity index is 297. The minimum atomic E-state index is -1.07. The summed E-state index contributed by atoms with van der Waals surface area (Å²) in [5.41, 5.74) is 0. The third kappa shape index (κ3) is 11.8. The zero-order valence-corrected chi connectivity index (χ0v) is 12.5. The van der Waals surface area contributed by atoms with Crippen LogP contribution < -0.4 is 0 Å². The Balaban J connectivity index is 3.58. The van der Waals surface area contributed by atoms with Crippen molar-refractivity contribution < 1.29 is 19.8 Å². The quantitative estimate of drug-likeness (QED) is 0.391. The Kier molecular flexibility index (Phi) is 11.9. The summed E-state index contributed by atoms with van der Waals surface area (Å²) in [7, 11) is 0. The van der Waals surface area contributed by atoms with Crippen LogP contribution in [0.25, 0.3) is 0 Å². The van der Waals surface area contributed by atoms with Crippen LogP contribution in [0.1, 0.15) is 71.1 Å². The van der Waals surface area contributed by atoms with Gasteiger partial charge in [0.05, 0.1) is 12.3 Å². The SMILES string of the molecule is CCCCCCCCCC/C=C/[C@H](CC(=O)O)C(=O)O. The van der Waals surface area contributed by atoms with Gasteiger partial charge < -0.3 is 10.2 Å². The fraction of sp³-hybridized carbons (Fsp3) is 0.750. The average molecular weight is 284 g/mol. The summed E-state index contributed by atoms with van der Waals surface area (Å²) < 4.78 is 0. The van der Waals surface area contributed by atoms with E-state index in [4.69, 9.17) is 10.2 Å². The molecule has 0 fully saturated rings. The van der Waals surface area contributed by atoms with Crippen molar-refractivity contribution in [3.63, 3.8) is 0 Å². The highest BCUT2D eigenvalue weighted by Gasteiger charge is 2.17. The van der Waals surface area contributed by atoms with Crippen molar-refractivity contribution in [2.24, 2.45) is 5.92 Å². The first-order chi connectivity index (χ1) is 9.57. The highest BCUT2D eigenvalue weighted by molar-refractivity contribution is 5.79. The van der Waals surface area contributed by atoms with Gasteiger partial charge in [0.25, 0.3) is 0 Å². The molecule has 0 saturated heterocycles. The maximum Gasteiger partial charge on any atom is 0.310 e. The van der Waals surface area contributed by atoms with Crippen LogP contribution in [0.3, 0.4) is 0 Å². The first-order valence-electron chi connectivity index (χ1n) is 7.69. The number of unbranched alkanes of at least 4 members (excludes halogenated alkanes) is 8. The van der Waals surface area contributed by atoms with Gasteiger partial charge in [-0.3, -0.25) is 9.59 Å². The second-order valence-corrected chi connectivity index (χ2v) is 5.23. The number of allylic oxidation sites excluding steroid dienone is 1. The Labute approximate surface area is 121 Å². The lowest BCUT2D eigenvalue weighted by Gasteiger charge is -2.03. The monoisotopic (exact) mass is 284 g/mol. The van der Waals surface area contributed by atoms with Crippen molar-refractivity contribution in [2.45, 2.75) is 71.1 Å². The standard InChI is InChI=1S/C16H28O4/c1-2-3-4-5-6-7-8-9-10-11-12-14(16(19)20)13-15(17)18/h11-12,14H,2-10,13H2,1H3,(H,17,18)(H,19,20)/b12-11+/t14-/m1/s1. The molecule has 1 atom stereocenters. The van der Waals surface area contributed by atoms with E-state index in [0.717, 1.165) is 19.3 Å². The highest BCUT2D eigenvalue weighted by atomic mass is 16.4. The van der Waals surface area contributed by atoms with E-state index in [9.17, 15) is 9.59 Å². The third-order valence-corrected chi connectivity index (χ3v) is 3.30. The van der Waals surface area contributed by atoms with Gasteiger partial charge in [-0.15, -0.1) is 0 Å². The number of carbonyl (C=O) groups is 2. The second kappa shape index (κ2) is 12.7. The van der Waals surface area contributed by atoms with Gasteiger partial charge in [-0.25, -0.2) is 0 Å². The van der Waals surface area contributed by atoms with Crippen molar-refractivity contribution >= 4 is 11.9 Å². The largest absolute Gasteiger partial charge is 0.481 e. The molecular weight excluding hydrogens is 256 g/mol. The predicted octanol–water partition coefficient (Wildman–Crippen LogP) is 4.25. The van der Waals surface area contributed by atoms with Crippen LogP contribution in [0.2, 0.25) is 0 Å². The zero-order chi connectivity index (χ0) is 15.2. The molecule has 0 aromatic heterocycles. The molecule has 0 bridgehead atoms. The first-order valence-corrected chi connectivity index (χ1v) is 7.69. The molecule has 0 aromatic carbocycles. The highest BCUT2D eigenvalue weighted by Crippen LogP contribution is 2.11. The van der Waals surface area contributed by atoms with Gasteiger partial charge in [0, 0.05) is 0 Å². The summed E-state index contributed by atoms with van der Waals surface area (Å²) in [4.78, 5) is 21.3. The van der Waals surface area contributed by atoms with E-state index < -0.39 is 17.9 Å². The normalized spacial score (nSPS) is 12.7. The van der Waals surface area contributed by atoms with Crippen molar-refractivity contribution in [3.8, 4) is 0 Å². The van der Waals surface area contributed by atoms with Gasteiger partial charge in [0.15, 0.2) is 0 Å². The molecule has 0 unspecified atom stereocenters. The number of carboxylic acid groups (broad SMARTS) is 2. The van der Waals surface area contributed by atoms with Gasteiger partial charge in [-0.2, -0.15) is 0 Å². The Hall–Kier alpha value is -1.32. The molecule has 0 spiro atoms. The molecule has 116 valence electrons. The summed E-state index contributed by atoms with van der Waals surface area (Å²) in [6, 6.07) is 0. The number of rotatable bonds is 13. The number of hydrogen-bond acceptors (Lipinski definition) is 2. The maximum atomic E-state index is 10.8. The Morgan fingerprint density at radius 2 is 1.50 bits per heavy atom. The number of hydrogen-bond donors (Lipinski definition) is 2. The first kappa shape index (κ1) is 18.7. The van der Waals surface area contributed by atoms with Crippen molar-refractivity contribution in [2.75, 3.05) is 0 Å². The van der Waals surface area contributed by atoms with E-state index in [2.05, 4.69) is 6.92 Å². The van der Waals surface area contributed by atoms with E-state index in [0.29, 0.717) is 0 Å². The Morgan fingerprint density at radius 3 is 2.00 bits per heavy atom. The molecule has 0 heterocycles. The maximum absolute atomic E-state index is 10.8. The van der Waals surface area contributed by atoms with E-state index in [1.165, 1.54) is 44.6 Å². The molecule has 0 saturated carbocycles.